The van der Waals surface area contributed by atoms with E-state index in [1.807, 2.05) is 38.1 Å². The predicted molar refractivity (Wildman–Crippen MR) is 92.7 cm³/mol. The van der Waals surface area contributed by atoms with Crippen LogP contribution in [0.3, 0.4) is 0 Å². The number of hydrogen-bond acceptors (Lipinski definition) is 5. The number of carbonyl (C=O) groups excluding carboxylic acids is 1. The lowest BCUT2D eigenvalue weighted by Crippen LogP contribution is -2.37. The summed E-state index contributed by atoms with van der Waals surface area (Å²) < 4.78 is 5.29. The molecule has 0 spiro atoms. The Balaban J connectivity index is 2.13. The number of nitrogens with zero attached hydrogens (tertiary/aromatic N) is 2. The summed E-state index contributed by atoms with van der Waals surface area (Å²) in [5.74, 6) is -0.208. The van der Waals surface area contributed by atoms with Crippen LogP contribution in [0.4, 0.5) is 0 Å². The molecule has 0 unspecified atom stereocenters. The molecular formula is C18H20N4O2. The van der Waals surface area contributed by atoms with Gasteiger partial charge >= 0.3 is 0 Å². The normalized spacial score (nSPS) is 12.3. The molecule has 1 aromatic carbocycles. The molecule has 0 aliphatic heterocycles. The van der Waals surface area contributed by atoms with Crippen LogP contribution in [0.5, 0.6) is 0 Å². The van der Waals surface area contributed by atoms with Gasteiger partial charge in [-0.25, -0.2) is 4.98 Å². The second kappa shape index (κ2) is 6.41. The number of nitrogens with two attached hydrogens (primary N) is 1. The molecule has 1 atom stereocenters. The van der Waals surface area contributed by atoms with Crippen LogP contribution < -0.4 is 11.1 Å². The first-order valence-corrected chi connectivity index (χ1v) is 7.84. The summed E-state index contributed by atoms with van der Waals surface area (Å²) in [5, 5.41) is 7.46. The Morgan fingerprint density at radius 3 is 2.67 bits per heavy atom. The number of aromatic nitrogens is 2. The minimum absolute atomic E-state index is 0.122. The van der Waals surface area contributed by atoms with Crippen LogP contribution in [0, 0.1) is 13.8 Å². The third-order valence-electron chi connectivity index (χ3n) is 3.94. The van der Waals surface area contributed by atoms with Gasteiger partial charge in [0.05, 0.1) is 22.3 Å². The van der Waals surface area contributed by atoms with E-state index in [1.165, 1.54) is 0 Å². The van der Waals surface area contributed by atoms with E-state index in [0.29, 0.717) is 34.6 Å². The fourth-order valence-electron chi connectivity index (χ4n) is 2.51. The van der Waals surface area contributed by atoms with E-state index < -0.39 is 0 Å². The molecule has 6 heteroatoms. The summed E-state index contributed by atoms with van der Waals surface area (Å²) in [6.45, 7) is 6.04. The monoisotopic (exact) mass is 324 g/mol. The average Bonchev–Trinajstić information content (AvgIpc) is 2.95. The number of aryl methyl sites for hydroxylation is 2. The van der Waals surface area contributed by atoms with Gasteiger partial charge in [-0.2, -0.15) is 0 Å². The topological polar surface area (TPSA) is 94.0 Å². The van der Waals surface area contributed by atoms with Crippen LogP contribution in [0.25, 0.3) is 22.4 Å². The molecular weight excluding hydrogens is 304 g/mol. The van der Waals surface area contributed by atoms with E-state index in [-0.39, 0.29) is 11.9 Å². The molecule has 0 radical (unpaired) electrons. The molecule has 0 aliphatic rings. The molecule has 0 fully saturated rings. The van der Waals surface area contributed by atoms with Gasteiger partial charge in [0.25, 0.3) is 11.6 Å². The fraction of sp³-hybridized carbons (Fsp3) is 0.278. The van der Waals surface area contributed by atoms with Crippen molar-refractivity contribution in [3.63, 3.8) is 0 Å². The van der Waals surface area contributed by atoms with Crippen molar-refractivity contribution in [2.24, 2.45) is 5.73 Å². The van der Waals surface area contributed by atoms with Crippen molar-refractivity contribution in [2.75, 3.05) is 6.54 Å². The number of benzene rings is 1. The Morgan fingerprint density at radius 1 is 1.29 bits per heavy atom. The van der Waals surface area contributed by atoms with Crippen LogP contribution in [-0.2, 0) is 0 Å². The first-order chi connectivity index (χ1) is 11.5. The van der Waals surface area contributed by atoms with Gasteiger partial charge in [-0.3, -0.25) is 4.79 Å². The third-order valence-corrected chi connectivity index (χ3v) is 3.94. The van der Waals surface area contributed by atoms with Gasteiger partial charge in [-0.1, -0.05) is 35.0 Å². The largest absolute Gasteiger partial charge is 0.348 e. The summed E-state index contributed by atoms with van der Waals surface area (Å²) in [4.78, 5) is 17.2. The maximum absolute atomic E-state index is 12.7. The van der Waals surface area contributed by atoms with Gasteiger partial charge in [0.15, 0.2) is 0 Å². The average molecular weight is 324 g/mol. The summed E-state index contributed by atoms with van der Waals surface area (Å²) in [7, 11) is 0. The zero-order valence-corrected chi connectivity index (χ0v) is 14.0. The zero-order chi connectivity index (χ0) is 17.3. The Bertz CT molecular complexity index is 884. The fourth-order valence-corrected chi connectivity index (χ4v) is 2.51. The van der Waals surface area contributed by atoms with Gasteiger partial charge in [-0.15, -0.1) is 0 Å². The molecule has 3 rings (SSSR count). The Hall–Kier alpha value is -2.73. The Morgan fingerprint density at radius 2 is 2.00 bits per heavy atom. The summed E-state index contributed by atoms with van der Waals surface area (Å²) >= 11 is 0. The molecule has 0 saturated heterocycles. The molecule has 3 N–H and O–H groups in total. The Kier molecular flexibility index (Phi) is 4.31. The third kappa shape index (κ3) is 3.00. The smallest absolute Gasteiger partial charge is 0.259 e. The van der Waals surface area contributed by atoms with Crippen molar-refractivity contribution in [1.29, 1.82) is 0 Å². The van der Waals surface area contributed by atoms with Crippen molar-refractivity contribution >= 4 is 17.0 Å². The highest BCUT2D eigenvalue weighted by Crippen LogP contribution is 2.27. The number of hydrogen-bond donors (Lipinski definition) is 2. The highest BCUT2D eigenvalue weighted by Gasteiger charge is 2.20. The number of nitrogens with one attached hydrogen (secondary N) is 1. The van der Waals surface area contributed by atoms with Gasteiger partial charge in [0.1, 0.15) is 0 Å². The zero-order valence-electron chi connectivity index (χ0n) is 14.0. The van der Waals surface area contributed by atoms with Crippen LogP contribution in [0.2, 0.25) is 0 Å². The van der Waals surface area contributed by atoms with Crippen LogP contribution in [0.1, 0.15) is 28.5 Å². The number of fused-ring (bicyclic) bond motifs is 1. The van der Waals surface area contributed by atoms with E-state index in [2.05, 4.69) is 15.5 Å². The minimum Gasteiger partial charge on any atom is -0.348 e. The van der Waals surface area contributed by atoms with Gasteiger partial charge in [0.2, 0.25) is 0 Å². The van der Waals surface area contributed by atoms with Crippen LogP contribution >= 0.6 is 0 Å². The van der Waals surface area contributed by atoms with Gasteiger partial charge < -0.3 is 15.6 Å². The lowest BCUT2D eigenvalue weighted by Gasteiger charge is -2.12. The number of pyridine rings is 1. The number of amides is 1. The van der Waals surface area contributed by atoms with Gasteiger partial charge in [0, 0.05) is 18.2 Å². The molecule has 6 nitrogen and oxygen atoms in total. The van der Waals surface area contributed by atoms with E-state index in [9.17, 15) is 4.79 Å². The highest BCUT2D eigenvalue weighted by molar-refractivity contribution is 6.07. The molecule has 0 aliphatic carbocycles. The standard InChI is InChI=1S/C18H20N4O2/c1-10-4-6-13(7-5-10)15-8-14(17(23)20-11(2)9-19)16-12(3)22-24-18(16)21-15/h4-8,11H,9,19H2,1-3H3,(H,20,23)/t11-/m0/s1. The van der Waals surface area contributed by atoms with Crippen LogP contribution in [0.15, 0.2) is 34.9 Å². The molecule has 1 amide bonds. The lowest BCUT2D eigenvalue weighted by atomic mass is 10.0. The maximum atomic E-state index is 12.7. The SMILES string of the molecule is Cc1ccc(-c2cc(C(=O)N[C@@H](C)CN)c3c(C)noc3n2)cc1. The first-order valence-electron chi connectivity index (χ1n) is 7.84. The van der Waals surface area contributed by atoms with E-state index in [0.717, 1.165) is 11.1 Å². The highest BCUT2D eigenvalue weighted by atomic mass is 16.5. The molecule has 2 aromatic heterocycles. The molecule has 24 heavy (non-hydrogen) atoms. The molecule has 0 bridgehead atoms. The molecule has 2 heterocycles. The summed E-state index contributed by atoms with van der Waals surface area (Å²) in [5.41, 5.74) is 9.83. The molecule has 0 saturated carbocycles. The van der Waals surface area contributed by atoms with Crippen molar-refractivity contribution in [1.82, 2.24) is 15.5 Å². The van der Waals surface area contributed by atoms with Gasteiger partial charge in [-0.05, 0) is 26.8 Å². The Labute approximate surface area is 140 Å². The van der Waals surface area contributed by atoms with E-state index in [4.69, 9.17) is 10.3 Å². The summed E-state index contributed by atoms with van der Waals surface area (Å²) in [6, 6.07) is 9.60. The quantitative estimate of drug-likeness (QED) is 0.769. The number of carbonyl (C=O) groups is 1. The van der Waals surface area contributed by atoms with E-state index >= 15 is 0 Å². The molecule has 3 aromatic rings. The van der Waals surface area contributed by atoms with E-state index in [1.54, 1.807) is 13.0 Å². The number of rotatable bonds is 4. The second-order valence-corrected chi connectivity index (χ2v) is 5.98. The van der Waals surface area contributed by atoms with Crippen LogP contribution in [-0.4, -0.2) is 28.6 Å². The summed E-state index contributed by atoms with van der Waals surface area (Å²) in [6.07, 6.45) is 0. The van der Waals surface area contributed by atoms with Crippen molar-refractivity contribution in [2.45, 2.75) is 26.8 Å². The van der Waals surface area contributed by atoms with Crippen molar-refractivity contribution < 1.29 is 9.32 Å². The van der Waals surface area contributed by atoms with Crippen molar-refractivity contribution in [3.05, 3.63) is 47.2 Å². The minimum atomic E-state index is -0.208. The maximum Gasteiger partial charge on any atom is 0.259 e. The van der Waals surface area contributed by atoms with Crippen molar-refractivity contribution in [3.8, 4) is 11.3 Å². The predicted octanol–water partition coefficient (Wildman–Crippen LogP) is 2.58. The lowest BCUT2D eigenvalue weighted by molar-refractivity contribution is 0.0943. The second-order valence-electron chi connectivity index (χ2n) is 5.98. The first kappa shape index (κ1) is 16.1. The molecule has 124 valence electrons.